The van der Waals surface area contributed by atoms with E-state index in [-0.39, 0.29) is 0 Å². The van der Waals surface area contributed by atoms with Crippen LogP contribution >= 0.6 is 0 Å². The van der Waals surface area contributed by atoms with E-state index in [2.05, 4.69) is 0 Å². The number of aliphatic hydroxyl groups is 2. The van der Waals surface area contributed by atoms with Gasteiger partial charge in [0.2, 0.25) is 0 Å². The zero-order valence-electron chi connectivity index (χ0n) is 5.33. The molecule has 0 atom stereocenters. The molecule has 0 aromatic rings. The van der Waals surface area contributed by atoms with Crippen LogP contribution in [-0.2, 0) is 0 Å². The van der Waals surface area contributed by atoms with Crippen molar-refractivity contribution in [1.82, 2.24) is 0 Å². The lowest BCUT2D eigenvalue weighted by Crippen LogP contribution is -2.26. The number of hydrogen-bond donors (Lipinski definition) is 2. The molecule has 0 bridgehead atoms. The molecule has 1 aliphatic carbocycles. The lowest BCUT2D eigenvalue weighted by molar-refractivity contribution is -0.117. The first-order chi connectivity index (χ1) is 4.10. The van der Waals surface area contributed by atoms with Gasteiger partial charge in [-0.15, -0.1) is 0 Å². The fourth-order valence-electron chi connectivity index (χ4n) is 0.895. The zero-order chi connectivity index (χ0) is 6.91. The maximum Gasteiger partial charge on any atom is 0.186 e. The molecule has 0 aromatic carbocycles. The van der Waals surface area contributed by atoms with Crippen molar-refractivity contribution in [2.75, 3.05) is 0 Å². The number of rotatable bonds is 0. The van der Waals surface area contributed by atoms with Crippen LogP contribution in [0.15, 0.2) is 23.8 Å². The minimum atomic E-state index is -1.60. The van der Waals surface area contributed by atoms with Crippen LogP contribution in [0.2, 0.25) is 0 Å². The highest BCUT2D eigenvalue weighted by Gasteiger charge is 2.20. The van der Waals surface area contributed by atoms with E-state index in [1.165, 1.54) is 6.08 Å². The molecule has 0 saturated carbocycles. The molecule has 0 aromatic heterocycles. The van der Waals surface area contributed by atoms with Crippen LogP contribution in [0.4, 0.5) is 0 Å². The first kappa shape index (κ1) is 6.52. The van der Waals surface area contributed by atoms with Crippen LogP contribution in [0.25, 0.3) is 0 Å². The SMILES string of the molecule is CC1=CC=CC(O)(O)C1. The fourth-order valence-corrected chi connectivity index (χ4v) is 0.895. The number of allylic oxidation sites excluding steroid dienone is 2. The van der Waals surface area contributed by atoms with Crippen LogP contribution in [0.5, 0.6) is 0 Å². The Morgan fingerprint density at radius 2 is 2.22 bits per heavy atom. The minimum absolute atomic E-state index is 0.323. The van der Waals surface area contributed by atoms with E-state index in [1.807, 2.05) is 13.0 Å². The summed E-state index contributed by atoms with van der Waals surface area (Å²) in [5, 5.41) is 17.9. The Bertz CT molecular complexity index is 166. The van der Waals surface area contributed by atoms with Crippen molar-refractivity contribution in [2.24, 2.45) is 0 Å². The maximum atomic E-state index is 8.97. The first-order valence-electron chi connectivity index (χ1n) is 2.90. The summed E-state index contributed by atoms with van der Waals surface area (Å²) in [4.78, 5) is 0. The second kappa shape index (κ2) is 1.97. The van der Waals surface area contributed by atoms with Crippen LogP contribution in [0.3, 0.4) is 0 Å². The second-order valence-corrected chi connectivity index (χ2v) is 2.43. The van der Waals surface area contributed by atoms with Crippen molar-refractivity contribution < 1.29 is 10.2 Å². The summed E-state index contributed by atoms with van der Waals surface area (Å²) in [7, 11) is 0. The minimum Gasteiger partial charge on any atom is -0.362 e. The Morgan fingerprint density at radius 3 is 2.56 bits per heavy atom. The molecular formula is C7H10O2. The van der Waals surface area contributed by atoms with Gasteiger partial charge in [0.05, 0.1) is 0 Å². The predicted molar refractivity (Wildman–Crippen MR) is 34.7 cm³/mol. The molecule has 1 rings (SSSR count). The first-order valence-corrected chi connectivity index (χ1v) is 2.90. The number of hydrogen-bond acceptors (Lipinski definition) is 2. The standard InChI is InChI=1S/C7H10O2/c1-6-3-2-4-7(8,9)5-6/h2-4,8-9H,5H2,1H3. The van der Waals surface area contributed by atoms with Gasteiger partial charge in [0, 0.05) is 6.42 Å². The lowest BCUT2D eigenvalue weighted by atomic mass is 10.0. The summed E-state index contributed by atoms with van der Waals surface area (Å²) in [5.74, 6) is -1.60. The molecule has 2 heteroatoms. The molecular weight excluding hydrogens is 116 g/mol. The van der Waals surface area contributed by atoms with E-state index in [4.69, 9.17) is 10.2 Å². The predicted octanol–water partition coefficient (Wildman–Crippen LogP) is 0.574. The van der Waals surface area contributed by atoms with Crippen LogP contribution in [0, 0.1) is 0 Å². The van der Waals surface area contributed by atoms with Gasteiger partial charge < -0.3 is 10.2 Å². The van der Waals surface area contributed by atoms with E-state index in [0.717, 1.165) is 5.57 Å². The molecule has 0 radical (unpaired) electrons. The van der Waals surface area contributed by atoms with Gasteiger partial charge in [0.1, 0.15) is 0 Å². The Hall–Kier alpha value is -0.600. The molecule has 0 amide bonds. The van der Waals surface area contributed by atoms with Crippen molar-refractivity contribution in [3.63, 3.8) is 0 Å². The van der Waals surface area contributed by atoms with E-state index in [1.54, 1.807) is 6.08 Å². The summed E-state index contributed by atoms with van der Waals surface area (Å²) in [6, 6.07) is 0. The van der Waals surface area contributed by atoms with Crippen molar-refractivity contribution >= 4 is 0 Å². The molecule has 50 valence electrons. The Morgan fingerprint density at radius 1 is 1.56 bits per heavy atom. The van der Waals surface area contributed by atoms with Crippen LogP contribution in [0.1, 0.15) is 13.3 Å². The molecule has 0 saturated heterocycles. The molecule has 0 fully saturated rings. The summed E-state index contributed by atoms with van der Waals surface area (Å²) < 4.78 is 0. The molecule has 9 heavy (non-hydrogen) atoms. The van der Waals surface area contributed by atoms with E-state index < -0.39 is 5.79 Å². The molecule has 0 aliphatic heterocycles. The summed E-state index contributed by atoms with van der Waals surface area (Å²) in [5.41, 5.74) is 0.988. The van der Waals surface area contributed by atoms with E-state index in [9.17, 15) is 0 Å². The van der Waals surface area contributed by atoms with Crippen molar-refractivity contribution in [1.29, 1.82) is 0 Å². The van der Waals surface area contributed by atoms with Gasteiger partial charge >= 0.3 is 0 Å². The third kappa shape index (κ3) is 1.66. The van der Waals surface area contributed by atoms with Gasteiger partial charge in [-0.25, -0.2) is 0 Å². The average molecular weight is 126 g/mol. The highest BCUT2D eigenvalue weighted by molar-refractivity contribution is 5.20. The Kier molecular flexibility index (Phi) is 1.43. The zero-order valence-corrected chi connectivity index (χ0v) is 5.33. The lowest BCUT2D eigenvalue weighted by Gasteiger charge is -2.19. The van der Waals surface area contributed by atoms with Crippen LogP contribution < -0.4 is 0 Å². The third-order valence-electron chi connectivity index (χ3n) is 1.28. The average Bonchev–Trinajstić information content (AvgIpc) is 1.60. The second-order valence-electron chi connectivity index (χ2n) is 2.43. The fraction of sp³-hybridized carbons (Fsp3) is 0.429. The van der Waals surface area contributed by atoms with Gasteiger partial charge in [-0.1, -0.05) is 17.7 Å². The largest absolute Gasteiger partial charge is 0.362 e. The van der Waals surface area contributed by atoms with Crippen molar-refractivity contribution in [3.05, 3.63) is 23.8 Å². The normalized spacial score (nSPS) is 23.7. The molecule has 0 spiro atoms. The molecule has 0 unspecified atom stereocenters. The Balaban J connectivity index is 2.73. The third-order valence-corrected chi connectivity index (χ3v) is 1.28. The van der Waals surface area contributed by atoms with E-state index >= 15 is 0 Å². The van der Waals surface area contributed by atoms with Gasteiger partial charge in [-0.05, 0) is 13.0 Å². The summed E-state index contributed by atoms with van der Waals surface area (Å²) >= 11 is 0. The summed E-state index contributed by atoms with van der Waals surface area (Å²) in [6.45, 7) is 1.87. The smallest absolute Gasteiger partial charge is 0.186 e. The highest BCUT2D eigenvalue weighted by atomic mass is 16.5. The highest BCUT2D eigenvalue weighted by Crippen LogP contribution is 2.18. The van der Waals surface area contributed by atoms with Crippen LogP contribution in [-0.4, -0.2) is 16.0 Å². The maximum absolute atomic E-state index is 8.97. The quantitative estimate of drug-likeness (QED) is 0.466. The topological polar surface area (TPSA) is 40.5 Å². The Labute approximate surface area is 54.1 Å². The van der Waals surface area contributed by atoms with E-state index in [0.29, 0.717) is 6.42 Å². The molecule has 2 N–H and O–H groups in total. The van der Waals surface area contributed by atoms with Gasteiger partial charge in [-0.3, -0.25) is 0 Å². The van der Waals surface area contributed by atoms with Crippen molar-refractivity contribution in [2.45, 2.75) is 19.1 Å². The van der Waals surface area contributed by atoms with Gasteiger partial charge in [0.25, 0.3) is 0 Å². The van der Waals surface area contributed by atoms with Gasteiger partial charge in [0.15, 0.2) is 5.79 Å². The molecule has 1 aliphatic rings. The van der Waals surface area contributed by atoms with Gasteiger partial charge in [-0.2, -0.15) is 0 Å². The molecule has 0 heterocycles. The molecule has 2 nitrogen and oxygen atoms in total. The van der Waals surface area contributed by atoms with Crippen molar-refractivity contribution in [3.8, 4) is 0 Å². The monoisotopic (exact) mass is 126 g/mol. The summed E-state index contributed by atoms with van der Waals surface area (Å²) in [6.07, 6.45) is 5.22.